The van der Waals surface area contributed by atoms with Crippen molar-refractivity contribution in [2.24, 2.45) is 0 Å². The molecule has 100 valence electrons. The van der Waals surface area contributed by atoms with E-state index in [1.165, 1.54) is 0 Å². The Balaban J connectivity index is 2.39. The van der Waals surface area contributed by atoms with Crippen molar-refractivity contribution in [3.63, 3.8) is 0 Å². The molecule has 18 heavy (non-hydrogen) atoms. The van der Waals surface area contributed by atoms with Crippen LogP contribution in [0, 0.1) is 0 Å². The fourth-order valence-corrected chi connectivity index (χ4v) is 1.58. The van der Waals surface area contributed by atoms with Crippen molar-refractivity contribution in [1.29, 1.82) is 0 Å². The van der Waals surface area contributed by atoms with Crippen LogP contribution in [0.5, 0.6) is 5.75 Å². The van der Waals surface area contributed by atoms with Gasteiger partial charge in [-0.3, -0.25) is 4.79 Å². The van der Waals surface area contributed by atoms with E-state index in [0.29, 0.717) is 6.54 Å². The second-order valence-corrected chi connectivity index (χ2v) is 4.23. The first kappa shape index (κ1) is 14.5. The molecule has 0 bridgehead atoms. The van der Waals surface area contributed by atoms with E-state index in [-0.39, 0.29) is 11.9 Å². The molecule has 0 radical (unpaired) electrons. The minimum absolute atomic E-state index is 0.0391. The first-order valence-electron chi connectivity index (χ1n) is 6.31. The molecule has 1 atom stereocenters. The summed E-state index contributed by atoms with van der Waals surface area (Å²) in [6.45, 7) is 5.15. The Hall–Kier alpha value is -1.55. The van der Waals surface area contributed by atoms with Crippen LogP contribution in [0.3, 0.4) is 0 Å². The van der Waals surface area contributed by atoms with Gasteiger partial charge < -0.3 is 15.4 Å². The van der Waals surface area contributed by atoms with Crippen molar-refractivity contribution in [2.45, 2.75) is 26.3 Å². The highest BCUT2D eigenvalue weighted by Crippen LogP contribution is 2.16. The average molecular weight is 250 g/mol. The van der Waals surface area contributed by atoms with Gasteiger partial charge in [0.25, 0.3) is 0 Å². The highest BCUT2D eigenvalue weighted by Gasteiger charge is 2.07. The zero-order valence-corrected chi connectivity index (χ0v) is 11.3. The minimum Gasteiger partial charge on any atom is -0.497 e. The molecular formula is C14H22N2O2. The predicted molar refractivity (Wildman–Crippen MR) is 72.7 cm³/mol. The standard InChI is InChI=1S/C14H22N2O2/c1-4-9-15-14(17)10-16-11(2)12-5-7-13(18-3)8-6-12/h5-8,11,16H,4,9-10H2,1-3H3,(H,15,17)/t11-/m0/s1. The highest BCUT2D eigenvalue weighted by molar-refractivity contribution is 5.77. The maximum absolute atomic E-state index is 11.4. The van der Waals surface area contributed by atoms with Crippen LogP contribution in [-0.4, -0.2) is 26.1 Å². The van der Waals surface area contributed by atoms with Crippen LogP contribution in [0.1, 0.15) is 31.9 Å². The van der Waals surface area contributed by atoms with Gasteiger partial charge in [-0.25, -0.2) is 0 Å². The monoisotopic (exact) mass is 250 g/mol. The second kappa shape index (κ2) is 7.71. The van der Waals surface area contributed by atoms with Gasteiger partial charge in [0.1, 0.15) is 5.75 Å². The lowest BCUT2D eigenvalue weighted by molar-refractivity contribution is -0.120. The van der Waals surface area contributed by atoms with E-state index < -0.39 is 0 Å². The normalized spacial score (nSPS) is 11.9. The highest BCUT2D eigenvalue weighted by atomic mass is 16.5. The molecule has 4 heteroatoms. The molecule has 2 N–H and O–H groups in total. The molecular weight excluding hydrogens is 228 g/mol. The molecule has 1 aromatic rings. The van der Waals surface area contributed by atoms with Crippen LogP contribution >= 0.6 is 0 Å². The molecule has 0 fully saturated rings. The summed E-state index contributed by atoms with van der Waals surface area (Å²) in [4.78, 5) is 11.4. The summed E-state index contributed by atoms with van der Waals surface area (Å²) in [7, 11) is 1.65. The molecule has 1 amide bonds. The lowest BCUT2D eigenvalue weighted by Gasteiger charge is -2.14. The SMILES string of the molecule is CCCNC(=O)CN[C@@H](C)c1ccc(OC)cc1. The van der Waals surface area contributed by atoms with Gasteiger partial charge in [-0.15, -0.1) is 0 Å². The number of amides is 1. The van der Waals surface area contributed by atoms with Crippen molar-refractivity contribution in [1.82, 2.24) is 10.6 Å². The van der Waals surface area contributed by atoms with E-state index in [2.05, 4.69) is 10.6 Å². The van der Waals surface area contributed by atoms with E-state index in [1.807, 2.05) is 38.1 Å². The van der Waals surface area contributed by atoms with E-state index >= 15 is 0 Å². The van der Waals surface area contributed by atoms with Gasteiger partial charge in [0, 0.05) is 12.6 Å². The fourth-order valence-electron chi connectivity index (χ4n) is 1.58. The van der Waals surface area contributed by atoms with Gasteiger partial charge >= 0.3 is 0 Å². The van der Waals surface area contributed by atoms with E-state index in [0.717, 1.165) is 24.3 Å². The number of hydrogen-bond acceptors (Lipinski definition) is 3. The Morgan fingerprint density at radius 2 is 2.00 bits per heavy atom. The first-order valence-corrected chi connectivity index (χ1v) is 6.31. The molecule has 1 rings (SSSR count). The lowest BCUT2D eigenvalue weighted by Crippen LogP contribution is -2.35. The number of carbonyl (C=O) groups excluding carboxylic acids is 1. The minimum atomic E-state index is 0.0391. The predicted octanol–water partition coefficient (Wildman–Crippen LogP) is 1.87. The summed E-state index contributed by atoms with van der Waals surface area (Å²) in [5.41, 5.74) is 1.14. The molecule has 0 saturated carbocycles. The van der Waals surface area contributed by atoms with Crippen molar-refractivity contribution in [3.05, 3.63) is 29.8 Å². The Kier molecular flexibility index (Phi) is 6.22. The quantitative estimate of drug-likeness (QED) is 0.776. The zero-order chi connectivity index (χ0) is 13.4. The maximum atomic E-state index is 11.4. The van der Waals surface area contributed by atoms with E-state index in [4.69, 9.17) is 4.74 Å². The average Bonchev–Trinajstić information content (AvgIpc) is 2.42. The Labute approximate surface area is 109 Å². The Morgan fingerprint density at radius 3 is 2.56 bits per heavy atom. The van der Waals surface area contributed by atoms with Crippen LogP contribution in [0.25, 0.3) is 0 Å². The third-order valence-electron chi connectivity index (χ3n) is 2.76. The number of carbonyl (C=O) groups is 1. The third-order valence-corrected chi connectivity index (χ3v) is 2.76. The molecule has 0 spiro atoms. The van der Waals surface area contributed by atoms with Crippen LogP contribution in [0.4, 0.5) is 0 Å². The van der Waals surface area contributed by atoms with Gasteiger partial charge in [0.15, 0.2) is 0 Å². The number of methoxy groups -OCH3 is 1. The molecule has 0 unspecified atom stereocenters. The molecule has 0 heterocycles. The van der Waals surface area contributed by atoms with Crippen LogP contribution in [0.15, 0.2) is 24.3 Å². The summed E-state index contributed by atoms with van der Waals surface area (Å²) in [6, 6.07) is 7.99. The van der Waals surface area contributed by atoms with Crippen molar-refractivity contribution >= 4 is 5.91 Å². The van der Waals surface area contributed by atoms with Gasteiger partial charge in [0.05, 0.1) is 13.7 Å². The van der Waals surface area contributed by atoms with Gasteiger partial charge in [-0.05, 0) is 31.0 Å². The zero-order valence-electron chi connectivity index (χ0n) is 11.3. The number of benzene rings is 1. The summed E-state index contributed by atoms with van der Waals surface area (Å²) in [6.07, 6.45) is 0.958. The van der Waals surface area contributed by atoms with Crippen molar-refractivity contribution in [2.75, 3.05) is 20.2 Å². The van der Waals surface area contributed by atoms with Crippen LogP contribution in [-0.2, 0) is 4.79 Å². The number of rotatable bonds is 7. The van der Waals surface area contributed by atoms with Crippen molar-refractivity contribution < 1.29 is 9.53 Å². The summed E-state index contributed by atoms with van der Waals surface area (Å²) in [5.74, 6) is 0.879. The summed E-state index contributed by atoms with van der Waals surface area (Å²) in [5, 5.41) is 6.03. The van der Waals surface area contributed by atoms with Crippen molar-refractivity contribution in [3.8, 4) is 5.75 Å². The van der Waals surface area contributed by atoms with Crippen LogP contribution < -0.4 is 15.4 Å². The summed E-state index contributed by atoms with van der Waals surface area (Å²) >= 11 is 0. The molecule has 0 aromatic heterocycles. The first-order chi connectivity index (χ1) is 8.67. The van der Waals surface area contributed by atoms with Gasteiger partial charge in [-0.2, -0.15) is 0 Å². The van der Waals surface area contributed by atoms with E-state index in [1.54, 1.807) is 7.11 Å². The Bertz CT molecular complexity index is 363. The Morgan fingerprint density at radius 1 is 1.33 bits per heavy atom. The lowest BCUT2D eigenvalue weighted by atomic mass is 10.1. The maximum Gasteiger partial charge on any atom is 0.233 e. The summed E-state index contributed by atoms with van der Waals surface area (Å²) < 4.78 is 5.11. The van der Waals surface area contributed by atoms with Gasteiger partial charge in [-0.1, -0.05) is 19.1 Å². The van der Waals surface area contributed by atoms with Crippen LogP contribution in [0.2, 0.25) is 0 Å². The molecule has 0 saturated heterocycles. The molecule has 4 nitrogen and oxygen atoms in total. The second-order valence-electron chi connectivity index (χ2n) is 4.23. The fraction of sp³-hybridized carbons (Fsp3) is 0.500. The molecule has 1 aromatic carbocycles. The van der Waals surface area contributed by atoms with Gasteiger partial charge in [0.2, 0.25) is 5.91 Å². The topological polar surface area (TPSA) is 50.4 Å². The van der Waals surface area contributed by atoms with E-state index in [9.17, 15) is 4.79 Å². The molecule has 0 aliphatic rings. The smallest absolute Gasteiger partial charge is 0.233 e. The number of hydrogen-bond donors (Lipinski definition) is 2. The third kappa shape index (κ3) is 4.75. The molecule has 0 aliphatic heterocycles. The largest absolute Gasteiger partial charge is 0.497 e. The number of ether oxygens (including phenoxy) is 1. The number of nitrogens with one attached hydrogen (secondary N) is 2. The molecule has 0 aliphatic carbocycles.